The molecule has 1 rings (SSSR count). The van der Waals surface area contributed by atoms with Crippen LogP contribution in [0.25, 0.3) is 0 Å². The molecule has 0 unspecified atom stereocenters. The van der Waals surface area contributed by atoms with Crippen molar-refractivity contribution in [2.24, 2.45) is 0 Å². The van der Waals surface area contributed by atoms with Crippen molar-refractivity contribution in [3.8, 4) is 11.8 Å². The molecule has 1 amide bonds. The van der Waals surface area contributed by atoms with E-state index >= 15 is 0 Å². The lowest BCUT2D eigenvalue weighted by Gasteiger charge is -2.16. The summed E-state index contributed by atoms with van der Waals surface area (Å²) in [7, 11) is 0. The predicted octanol–water partition coefficient (Wildman–Crippen LogP) is 1.85. The zero-order chi connectivity index (χ0) is 12.8. The molecular weight excluding hydrogens is 216 g/mol. The first-order chi connectivity index (χ1) is 8.02. The maximum absolute atomic E-state index is 11.6. The summed E-state index contributed by atoms with van der Waals surface area (Å²) < 4.78 is 5.46. The van der Waals surface area contributed by atoms with Crippen LogP contribution in [-0.2, 0) is 4.79 Å². The van der Waals surface area contributed by atoms with Crippen molar-refractivity contribution in [3.05, 3.63) is 29.8 Å². The highest BCUT2D eigenvalue weighted by molar-refractivity contribution is 5.80. The van der Waals surface area contributed by atoms with Gasteiger partial charge in [-0.2, -0.15) is 5.26 Å². The van der Waals surface area contributed by atoms with E-state index in [2.05, 4.69) is 5.32 Å². The largest absolute Gasteiger partial charge is 0.481 e. The van der Waals surface area contributed by atoms with Gasteiger partial charge in [0.1, 0.15) is 5.75 Å². The maximum atomic E-state index is 11.6. The molecule has 0 radical (unpaired) electrons. The first-order valence-electron chi connectivity index (χ1n) is 5.50. The Morgan fingerprint density at radius 1 is 1.29 bits per heavy atom. The van der Waals surface area contributed by atoms with E-state index in [9.17, 15) is 4.79 Å². The molecule has 4 nitrogen and oxygen atoms in total. The van der Waals surface area contributed by atoms with Gasteiger partial charge in [0.2, 0.25) is 0 Å². The van der Waals surface area contributed by atoms with E-state index in [1.54, 1.807) is 31.2 Å². The molecule has 0 aliphatic rings. The van der Waals surface area contributed by atoms with Crippen LogP contribution in [0.4, 0.5) is 0 Å². The third-order valence-electron chi connectivity index (χ3n) is 2.10. The number of carbonyl (C=O) groups is 1. The first-order valence-corrected chi connectivity index (χ1v) is 5.50. The molecule has 0 aromatic heterocycles. The van der Waals surface area contributed by atoms with Crippen molar-refractivity contribution < 1.29 is 9.53 Å². The van der Waals surface area contributed by atoms with Gasteiger partial charge in [0.05, 0.1) is 11.6 Å². The van der Waals surface area contributed by atoms with Gasteiger partial charge in [0.15, 0.2) is 6.10 Å². The summed E-state index contributed by atoms with van der Waals surface area (Å²) in [5.74, 6) is 0.430. The van der Waals surface area contributed by atoms with Crippen LogP contribution in [0.15, 0.2) is 24.3 Å². The van der Waals surface area contributed by atoms with Gasteiger partial charge in [-0.05, 0) is 45.0 Å². The van der Waals surface area contributed by atoms with Crippen LogP contribution >= 0.6 is 0 Å². The third kappa shape index (κ3) is 4.15. The Hall–Kier alpha value is -2.02. The molecule has 1 aromatic rings. The van der Waals surface area contributed by atoms with Gasteiger partial charge in [0.25, 0.3) is 5.91 Å². The lowest BCUT2D eigenvalue weighted by Crippen LogP contribution is -2.39. The minimum Gasteiger partial charge on any atom is -0.481 e. The average molecular weight is 232 g/mol. The number of amides is 1. The van der Waals surface area contributed by atoms with Crippen LogP contribution in [0.5, 0.6) is 5.75 Å². The van der Waals surface area contributed by atoms with Gasteiger partial charge < -0.3 is 10.1 Å². The number of nitrogens with zero attached hydrogens (tertiary/aromatic N) is 1. The van der Waals surface area contributed by atoms with Crippen LogP contribution in [0.1, 0.15) is 26.3 Å². The Labute approximate surface area is 101 Å². The Morgan fingerprint density at radius 3 is 2.35 bits per heavy atom. The van der Waals surface area contributed by atoms with Crippen molar-refractivity contribution in [2.75, 3.05) is 0 Å². The fourth-order valence-electron chi connectivity index (χ4n) is 1.27. The van der Waals surface area contributed by atoms with Gasteiger partial charge >= 0.3 is 0 Å². The lowest BCUT2D eigenvalue weighted by atomic mass is 10.2. The van der Waals surface area contributed by atoms with E-state index in [0.717, 1.165) is 0 Å². The highest BCUT2D eigenvalue weighted by Crippen LogP contribution is 2.13. The van der Waals surface area contributed by atoms with Gasteiger partial charge in [-0.1, -0.05) is 0 Å². The van der Waals surface area contributed by atoms with Crippen molar-refractivity contribution in [1.82, 2.24) is 5.32 Å². The fourth-order valence-corrected chi connectivity index (χ4v) is 1.27. The summed E-state index contributed by atoms with van der Waals surface area (Å²) in [5.41, 5.74) is 0.566. The van der Waals surface area contributed by atoms with Gasteiger partial charge in [0, 0.05) is 6.04 Å². The second-order valence-electron chi connectivity index (χ2n) is 4.06. The molecule has 4 heteroatoms. The SMILES string of the molecule is CC(C)NC(=O)[C@H](C)Oc1ccc(C#N)cc1. The molecule has 0 aliphatic heterocycles. The van der Waals surface area contributed by atoms with Crippen LogP contribution in [-0.4, -0.2) is 18.1 Å². The molecule has 1 aromatic carbocycles. The second kappa shape index (κ2) is 5.90. The topological polar surface area (TPSA) is 62.1 Å². The smallest absolute Gasteiger partial charge is 0.260 e. The van der Waals surface area contributed by atoms with Crippen molar-refractivity contribution in [3.63, 3.8) is 0 Å². The van der Waals surface area contributed by atoms with E-state index in [0.29, 0.717) is 11.3 Å². The van der Waals surface area contributed by atoms with E-state index in [4.69, 9.17) is 10.00 Å². The fraction of sp³-hybridized carbons (Fsp3) is 0.385. The number of carbonyl (C=O) groups excluding carboxylic acids is 1. The summed E-state index contributed by atoms with van der Waals surface area (Å²) in [4.78, 5) is 11.6. The van der Waals surface area contributed by atoms with Crippen LogP contribution in [0.3, 0.4) is 0 Å². The predicted molar refractivity (Wildman–Crippen MR) is 64.5 cm³/mol. The zero-order valence-electron chi connectivity index (χ0n) is 10.2. The van der Waals surface area contributed by atoms with E-state index in [-0.39, 0.29) is 11.9 Å². The van der Waals surface area contributed by atoms with Crippen LogP contribution < -0.4 is 10.1 Å². The quantitative estimate of drug-likeness (QED) is 0.861. The number of nitrogens with one attached hydrogen (secondary N) is 1. The minimum absolute atomic E-state index is 0.0921. The van der Waals surface area contributed by atoms with E-state index in [1.807, 2.05) is 19.9 Å². The van der Waals surface area contributed by atoms with Gasteiger partial charge in [-0.15, -0.1) is 0 Å². The number of hydrogen-bond donors (Lipinski definition) is 1. The second-order valence-corrected chi connectivity index (χ2v) is 4.06. The van der Waals surface area contributed by atoms with E-state index < -0.39 is 6.10 Å². The highest BCUT2D eigenvalue weighted by Gasteiger charge is 2.14. The molecule has 0 aliphatic carbocycles. The molecule has 1 atom stereocenters. The Bertz CT molecular complexity index is 418. The maximum Gasteiger partial charge on any atom is 0.260 e. The van der Waals surface area contributed by atoms with Gasteiger partial charge in [-0.3, -0.25) is 4.79 Å². The molecule has 0 saturated heterocycles. The monoisotopic (exact) mass is 232 g/mol. The molecule has 90 valence electrons. The molecule has 0 bridgehead atoms. The Morgan fingerprint density at radius 2 is 1.88 bits per heavy atom. The highest BCUT2D eigenvalue weighted by atomic mass is 16.5. The summed E-state index contributed by atoms with van der Waals surface area (Å²) in [5, 5.41) is 11.4. The molecule has 0 fully saturated rings. The van der Waals surface area contributed by atoms with Crippen molar-refractivity contribution in [2.45, 2.75) is 32.9 Å². The minimum atomic E-state index is -0.551. The van der Waals surface area contributed by atoms with Crippen molar-refractivity contribution in [1.29, 1.82) is 5.26 Å². The molecule has 0 saturated carbocycles. The number of benzene rings is 1. The number of rotatable bonds is 4. The lowest BCUT2D eigenvalue weighted by molar-refractivity contribution is -0.127. The third-order valence-corrected chi connectivity index (χ3v) is 2.10. The molecular formula is C13H16N2O2. The van der Waals surface area contributed by atoms with Crippen molar-refractivity contribution >= 4 is 5.91 Å². The molecule has 0 heterocycles. The van der Waals surface area contributed by atoms with Crippen LogP contribution in [0.2, 0.25) is 0 Å². The molecule has 17 heavy (non-hydrogen) atoms. The average Bonchev–Trinajstić information content (AvgIpc) is 2.29. The number of hydrogen-bond acceptors (Lipinski definition) is 3. The number of nitriles is 1. The zero-order valence-corrected chi connectivity index (χ0v) is 10.2. The molecule has 1 N–H and O–H groups in total. The van der Waals surface area contributed by atoms with Crippen LogP contribution in [0, 0.1) is 11.3 Å². The summed E-state index contributed by atoms with van der Waals surface area (Å²) in [6.07, 6.45) is -0.551. The first kappa shape index (κ1) is 13.0. The summed E-state index contributed by atoms with van der Waals surface area (Å²) in [6.45, 7) is 5.48. The van der Waals surface area contributed by atoms with E-state index in [1.165, 1.54) is 0 Å². The van der Waals surface area contributed by atoms with Gasteiger partial charge in [-0.25, -0.2) is 0 Å². The standard InChI is InChI=1S/C13H16N2O2/c1-9(2)15-13(16)10(3)17-12-6-4-11(8-14)5-7-12/h4-7,9-10H,1-3H3,(H,15,16)/t10-/m0/s1. The number of ether oxygens (including phenoxy) is 1. The Kier molecular flexibility index (Phi) is 4.53. The molecule has 0 spiro atoms. The Balaban J connectivity index is 2.58. The normalized spacial score (nSPS) is 11.7. The summed E-state index contributed by atoms with van der Waals surface area (Å²) in [6, 6.07) is 8.78. The summed E-state index contributed by atoms with van der Waals surface area (Å²) >= 11 is 0.